The molecule has 0 atom stereocenters. The summed E-state index contributed by atoms with van der Waals surface area (Å²) in [6.07, 6.45) is 0. The molecule has 3 nitrogen and oxygen atoms in total. The molecule has 0 bridgehead atoms. The van der Waals surface area contributed by atoms with Crippen molar-refractivity contribution in [3.8, 4) is 6.07 Å². The number of hydrogen-bond acceptors (Lipinski definition) is 3. The molecule has 0 aliphatic heterocycles. The first-order chi connectivity index (χ1) is 7.98. The summed E-state index contributed by atoms with van der Waals surface area (Å²) >= 11 is 0. The Morgan fingerprint density at radius 2 is 2.18 bits per heavy atom. The molecule has 0 heterocycles. The van der Waals surface area contributed by atoms with Crippen molar-refractivity contribution in [2.75, 3.05) is 13.7 Å². The van der Waals surface area contributed by atoms with Crippen LogP contribution in [0.5, 0.6) is 0 Å². The highest BCUT2D eigenvalue weighted by molar-refractivity contribution is 5.37. The molecule has 0 saturated heterocycles. The van der Waals surface area contributed by atoms with Crippen LogP contribution in [-0.4, -0.2) is 19.3 Å². The van der Waals surface area contributed by atoms with Crippen molar-refractivity contribution in [1.29, 1.82) is 5.26 Å². The van der Waals surface area contributed by atoms with Gasteiger partial charge in [0.05, 0.1) is 17.2 Å². The van der Waals surface area contributed by atoms with Gasteiger partial charge in [0.2, 0.25) is 0 Å². The molecule has 0 radical (unpaired) electrons. The van der Waals surface area contributed by atoms with Crippen LogP contribution in [-0.2, 0) is 11.3 Å². The fourth-order valence-corrected chi connectivity index (χ4v) is 1.39. The predicted octanol–water partition coefficient (Wildman–Crippen LogP) is 2.21. The molecule has 92 valence electrons. The van der Waals surface area contributed by atoms with Gasteiger partial charge in [-0.1, -0.05) is 0 Å². The van der Waals surface area contributed by atoms with E-state index in [0.29, 0.717) is 24.2 Å². The van der Waals surface area contributed by atoms with Crippen LogP contribution in [0.15, 0.2) is 18.2 Å². The zero-order valence-electron chi connectivity index (χ0n) is 10.4. The standard InChI is InChI=1S/C13H17FN2O/c1-13(2,17-3)9-16-8-11-6-12(14)5-4-10(11)7-15/h4-6,16H,8-9H2,1-3H3. The van der Waals surface area contributed by atoms with E-state index in [1.807, 2.05) is 19.9 Å². The zero-order valence-corrected chi connectivity index (χ0v) is 10.4. The van der Waals surface area contributed by atoms with E-state index in [1.165, 1.54) is 18.2 Å². The number of benzene rings is 1. The van der Waals surface area contributed by atoms with Crippen molar-refractivity contribution in [3.63, 3.8) is 0 Å². The second kappa shape index (κ2) is 5.76. The average molecular weight is 236 g/mol. The third kappa shape index (κ3) is 4.14. The molecule has 0 amide bonds. The summed E-state index contributed by atoms with van der Waals surface area (Å²) in [7, 11) is 1.64. The maximum Gasteiger partial charge on any atom is 0.123 e. The molecule has 1 rings (SSSR count). The first kappa shape index (κ1) is 13.6. The molecular formula is C13H17FN2O. The summed E-state index contributed by atoms with van der Waals surface area (Å²) in [5, 5.41) is 12.0. The number of methoxy groups -OCH3 is 1. The van der Waals surface area contributed by atoms with Gasteiger partial charge in [-0.25, -0.2) is 4.39 Å². The van der Waals surface area contributed by atoms with Gasteiger partial charge in [-0.3, -0.25) is 0 Å². The van der Waals surface area contributed by atoms with Crippen LogP contribution in [0.25, 0.3) is 0 Å². The largest absolute Gasteiger partial charge is 0.377 e. The summed E-state index contributed by atoms with van der Waals surface area (Å²) in [5.41, 5.74) is 0.883. The number of nitrogens with zero attached hydrogens (tertiary/aromatic N) is 1. The van der Waals surface area contributed by atoms with E-state index in [-0.39, 0.29) is 11.4 Å². The number of nitriles is 1. The van der Waals surface area contributed by atoms with Crippen LogP contribution >= 0.6 is 0 Å². The summed E-state index contributed by atoms with van der Waals surface area (Å²) in [6.45, 7) is 4.99. The number of rotatable bonds is 5. The predicted molar refractivity (Wildman–Crippen MR) is 63.9 cm³/mol. The molecule has 0 fully saturated rings. The van der Waals surface area contributed by atoms with Crippen LogP contribution in [0, 0.1) is 17.1 Å². The highest BCUT2D eigenvalue weighted by Crippen LogP contribution is 2.11. The van der Waals surface area contributed by atoms with Gasteiger partial charge < -0.3 is 10.1 Å². The smallest absolute Gasteiger partial charge is 0.123 e. The van der Waals surface area contributed by atoms with E-state index in [0.717, 1.165) is 0 Å². The van der Waals surface area contributed by atoms with Gasteiger partial charge in [-0.15, -0.1) is 0 Å². The first-order valence-corrected chi connectivity index (χ1v) is 5.43. The van der Waals surface area contributed by atoms with Gasteiger partial charge in [0.25, 0.3) is 0 Å². The highest BCUT2D eigenvalue weighted by atomic mass is 19.1. The van der Waals surface area contributed by atoms with Gasteiger partial charge in [-0.2, -0.15) is 5.26 Å². The number of hydrogen-bond donors (Lipinski definition) is 1. The van der Waals surface area contributed by atoms with Crippen LogP contribution in [0.1, 0.15) is 25.0 Å². The third-order valence-corrected chi connectivity index (χ3v) is 2.61. The maximum atomic E-state index is 13.0. The van der Waals surface area contributed by atoms with E-state index >= 15 is 0 Å². The minimum Gasteiger partial charge on any atom is -0.377 e. The summed E-state index contributed by atoms with van der Waals surface area (Å²) in [4.78, 5) is 0. The average Bonchev–Trinajstić information content (AvgIpc) is 2.29. The summed E-state index contributed by atoms with van der Waals surface area (Å²) in [6, 6.07) is 6.21. The van der Waals surface area contributed by atoms with Crippen molar-refractivity contribution in [2.45, 2.75) is 26.0 Å². The monoisotopic (exact) mass is 236 g/mol. The van der Waals surface area contributed by atoms with Gasteiger partial charge in [0.15, 0.2) is 0 Å². The van der Waals surface area contributed by atoms with Gasteiger partial charge in [0, 0.05) is 20.2 Å². The molecule has 0 aliphatic rings. The molecule has 1 aromatic carbocycles. The fraction of sp³-hybridized carbons (Fsp3) is 0.462. The Balaban J connectivity index is 2.64. The second-order valence-electron chi connectivity index (χ2n) is 4.48. The lowest BCUT2D eigenvalue weighted by atomic mass is 10.1. The topological polar surface area (TPSA) is 45.0 Å². The SMILES string of the molecule is COC(C)(C)CNCc1cc(F)ccc1C#N. The Morgan fingerprint density at radius 3 is 2.76 bits per heavy atom. The molecule has 1 N–H and O–H groups in total. The van der Waals surface area contributed by atoms with Crippen molar-refractivity contribution in [3.05, 3.63) is 35.1 Å². The number of nitrogens with one attached hydrogen (secondary N) is 1. The first-order valence-electron chi connectivity index (χ1n) is 5.43. The summed E-state index contributed by atoms with van der Waals surface area (Å²) in [5.74, 6) is -0.327. The molecule has 0 spiro atoms. The van der Waals surface area contributed by atoms with Crippen LogP contribution < -0.4 is 5.32 Å². The van der Waals surface area contributed by atoms with Crippen molar-refractivity contribution >= 4 is 0 Å². The second-order valence-corrected chi connectivity index (χ2v) is 4.48. The van der Waals surface area contributed by atoms with Gasteiger partial charge >= 0.3 is 0 Å². The Hall–Kier alpha value is -1.44. The van der Waals surface area contributed by atoms with Crippen molar-refractivity contribution < 1.29 is 9.13 Å². The van der Waals surface area contributed by atoms with Crippen molar-refractivity contribution in [2.24, 2.45) is 0 Å². The number of halogens is 1. The fourth-order valence-electron chi connectivity index (χ4n) is 1.39. The van der Waals surface area contributed by atoms with Crippen LogP contribution in [0.2, 0.25) is 0 Å². The molecule has 1 aromatic rings. The van der Waals surface area contributed by atoms with E-state index in [9.17, 15) is 4.39 Å². The lowest BCUT2D eigenvalue weighted by molar-refractivity contribution is 0.0230. The lowest BCUT2D eigenvalue weighted by Gasteiger charge is -2.23. The highest BCUT2D eigenvalue weighted by Gasteiger charge is 2.15. The molecule has 0 unspecified atom stereocenters. The molecular weight excluding hydrogens is 219 g/mol. The Morgan fingerprint density at radius 1 is 1.47 bits per heavy atom. The minimum absolute atomic E-state index is 0.278. The molecule has 0 aromatic heterocycles. The van der Waals surface area contributed by atoms with E-state index in [4.69, 9.17) is 10.00 Å². The Kier molecular flexibility index (Phi) is 4.62. The molecule has 4 heteroatoms. The van der Waals surface area contributed by atoms with E-state index in [2.05, 4.69) is 5.32 Å². The van der Waals surface area contributed by atoms with Gasteiger partial charge in [0.1, 0.15) is 5.82 Å². The third-order valence-electron chi connectivity index (χ3n) is 2.61. The Bertz CT molecular complexity index is 424. The normalized spacial score (nSPS) is 11.2. The van der Waals surface area contributed by atoms with Crippen LogP contribution in [0.3, 0.4) is 0 Å². The number of ether oxygens (including phenoxy) is 1. The lowest BCUT2D eigenvalue weighted by Crippen LogP contribution is -2.36. The quantitative estimate of drug-likeness (QED) is 0.852. The zero-order chi connectivity index (χ0) is 12.9. The van der Waals surface area contributed by atoms with Crippen molar-refractivity contribution in [1.82, 2.24) is 5.32 Å². The molecule has 0 saturated carbocycles. The minimum atomic E-state index is -0.327. The van der Waals surface area contributed by atoms with Gasteiger partial charge in [-0.05, 0) is 37.6 Å². The molecule has 0 aliphatic carbocycles. The van der Waals surface area contributed by atoms with E-state index < -0.39 is 0 Å². The van der Waals surface area contributed by atoms with E-state index in [1.54, 1.807) is 7.11 Å². The summed E-state index contributed by atoms with van der Waals surface area (Å²) < 4.78 is 18.3. The van der Waals surface area contributed by atoms with Crippen LogP contribution in [0.4, 0.5) is 4.39 Å². The Labute approximate surface area is 101 Å². The maximum absolute atomic E-state index is 13.0. The molecule has 17 heavy (non-hydrogen) atoms.